The van der Waals surface area contributed by atoms with Gasteiger partial charge in [0.15, 0.2) is 0 Å². The number of aliphatic hydroxyl groups is 1. The molecule has 106 valence electrons. The Morgan fingerprint density at radius 1 is 1.10 bits per heavy atom. The van der Waals surface area contributed by atoms with Gasteiger partial charge in [0.05, 0.1) is 11.7 Å². The average Bonchev–Trinajstić information content (AvgIpc) is 2.53. The number of aliphatic hydroxyl groups excluding tert-OH is 1. The molecule has 0 aliphatic carbocycles. The fourth-order valence-corrected chi connectivity index (χ4v) is 2.34. The zero-order valence-corrected chi connectivity index (χ0v) is 11.9. The zero-order valence-electron chi connectivity index (χ0n) is 11.9. The second kappa shape index (κ2) is 7.78. The maximum Gasteiger partial charge on any atom is 0.0753 e. The van der Waals surface area contributed by atoms with E-state index in [4.69, 9.17) is 5.11 Å². The summed E-state index contributed by atoms with van der Waals surface area (Å²) in [5.74, 6) is 0. The summed E-state index contributed by atoms with van der Waals surface area (Å²) in [5.41, 5.74) is 2.21. The molecule has 0 fully saturated rings. The Kier molecular flexibility index (Phi) is 5.71. The Labute approximate surface area is 120 Å². The van der Waals surface area contributed by atoms with E-state index in [2.05, 4.69) is 29.4 Å². The highest BCUT2D eigenvalue weighted by Gasteiger charge is 2.18. The Hall–Kier alpha value is -1.71. The van der Waals surface area contributed by atoms with Crippen LogP contribution in [0, 0.1) is 0 Å². The Bertz CT molecular complexity index is 447. The van der Waals surface area contributed by atoms with E-state index >= 15 is 0 Å². The van der Waals surface area contributed by atoms with Crippen molar-refractivity contribution in [3.8, 4) is 0 Å². The molecule has 3 nitrogen and oxygen atoms in total. The molecule has 0 radical (unpaired) electrons. The first kappa shape index (κ1) is 14.7. The molecule has 20 heavy (non-hydrogen) atoms. The van der Waals surface area contributed by atoms with Gasteiger partial charge in [0.2, 0.25) is 0 Å². The lowest BCUT2D eigenvalue weighted by Gasteiger charge is -2.25. The molecular weight excluding hydrogens is 248 g/mol. The summed E-state index contributed by atoms with van der Waals surface area (Å²) in [5, 5.41) is 12.8. The van der Waals surface area contributed by atoms with E-state index in [9.17, 15) is 0 Å². The molecule has 1 aromatic carbocycles. The molecule has 3 heteroatoms. The molecule has 2 aromatic rings. The van der Waals surface area contributed by atoms with Crippen molar-refractivity contribution in [3.63, 3.8) is 0 Å². The first-order chi connectivity index (χ1) is 9.85. The fourth-order valence-electron chi connectivity index (χ4n) is 2.34. The van der Waals surface area contributed by atoms with Crippen LogP contribution in [0.3, 0.4) is 0 Å². The first-order valence-electron chi connectivity index (χ1n) is 7.18. The number of pyridine rings is 1. The standard InChI is InChI=1S/C17H22N2O/c1-2-15(11-13-20)19-17(14-8-4-3-5-9-14)16-10-6-7-12-18-16/h3-10,12,15,17,19-20H,2,11,13H2,1H3. The van der Waals surface area contributed by atoms with Gasteiger partial charge in [0.25, 0.3) is 0 Å². The molecule has 2 N–H and O–H groups in total. The highest BCUT2D eigenvalue weighted by Crippen LogP contribution is 2.21. The highest BCUT2D eigenvalue weighted by molar-refractivity contribution is 5.27. The summed E-state index contributed by atoms with van der Waals surface area (Å²) in [7, 11) is 0. The van der Waals surface area contributed by atoms with Crippen LogP contribution in [-0.2, 0) is 0 Å². The van der Waals surface area contributed by atoms with Crippen LogP contribution in [-0.4, -0.2) is 22.7 Å². The third kappa shape index (κ3) is 3.89. The van der Waals surface area contributed by atoms with Gasteiger partial charge in [0.1, 0.15) is 0 Å². The molecule has 0 bridgehead atoms. The number of nitrogens with zero attached hydrogens (tertiary/aromatic N) is 1. The summed E-state index contributed by atoms with van der Waals surface area (Å²) in [6.45, 7) is 2.34. The molecule has 0 aliphatic heterocycles. The Morgan fingerprint density at radius 3 is 2.45 bits per heavy atom. The van der Waals surface area contributed by atoms with Gasteiger partial charge in [-0.15, -0.1) is 0 Å². The van der Waals surface area contributed by atoms with Gasteiger partial charge < -0.3 is 10.4 Å². The second-order valence-electron chi connectivity index (χ2n) is 4.88. The second-order valence-corrected chi connectivity index (χ2v) is 4.88. The zero-order chi connectivity index (χ0) is 14.2. The van der Waals surface area contributed by atoms with Crippen molar-refractivity contribution >= 4 is 0 Å². The van der Waals surface area contributed by atoms with Crippen LogP contribution in [0.25, 0.3) is 0 Å². The van der Waals surface area contributed by atoms with E-state index < -0.39 is 0 Å². The molecule has 2 rings (SSSR count). The largest absolute Gasteiger partial charge is 0.396 e. The molecular formula is C17H22N2O. The van der Waals surface area contributed by atoms with Crippen molar-refractivity contribution < 1.29 is 5.11 Å². The number of hydrogen-bond acceptors (Lipinski definition) is 3. The molecule has 1 heterocycles. The average molecular weight is 270 g/mol. The van der Waals surface area contributed by atoms with E-state index in [1.54, 1.807) is 0 Å². The third-order valence-corrected chi connectivity index (χ3v) is 3.49. The summed E-state index contributed by atoms with van der Waals surface area (Å²) in [4.78, 5) is 4.48. The number of hydrogen-bond donors (Lipinski definition) is 2. The number of rotatable bonds is 7. The molecule has 0 spiro atoms. The SMILES string of the molecule is CCC(CCO)NC(c1ccccc1)c1ccccn1. The van der Waals surface area contributed by atoms with Gasteiger partial charge in [0, 0.05) is 18.8 Å². The Balaban J connectivity index is 2.25. The minimum atomic E-state index is 0.0638. The molecule has 0 aliphatic rings. The number of benzene rings is 1. The van der Waals surface area contributed by atoms with Crippen molar-refractivity contribution in [2.45, 2.75) is 31.8 Å². The molecule has 0 amide bonds. The summed E-state index contributed by atoms with van der Waals surface area (Å²) < 4.78 is 0. The van der Waals surface area contributed by atoms with Gasteiger partial charge in [-0.3, -0.25) is 4.98 Å². The maximum atomic E-state index is 9.17. The van der Waals surface area contributed by atoms with E-state index in [1.165, 1.54) is 5.56 Å². The maximum absolute atomic E-state index is 9.17. The molecule has 1 aromatic heterocycles. The van der Waals surface area contributed by atoms with Gasteiger partial charge in [-0.2, -0.15) is 0 Å². The minimum Gasteiger partial charge on any atom is -0.396 e. The van der Waals surface area contributed by atoms with E-state index in [1.807, 2.05) is 42.6 Å². The van der Waals surface area contributed by atoms with Gasteiger partial charge >= 0.3 is 0 Å². The van der Waals surface area contributed by atoms with Crippen molar-refractivity contribution in [1.29, 1.82) is 0 Å². The van der Waals surface area contributed by atoms with Crippen LogP contribution in [0.15, 0.2) is 54.7 Å². The fraction of sp³-hybridized carbons (Fsp3) is 0.353. The quantitative estimate of drug-likeness (QED) is 0.813. The van der Waals surface area contributed by atoms with Crippen LogP contribution in [0.2, 0.25) is 0 Å². The monoisotopic (exact) mass is 270 g/mol. The predicted octanol–water partition coefficient (Wildman–Crippen LogP) is 2.92. The van der Waals surface area contributed by atoms with Crippen molar-refractivity contribution in [2.75, 3.05) is 6.61 Å². The van der Waals surface area contributed by atoms with Crippen LogP contribution >= 0.6 is 0 Å². The normalized spacial score (nSPS) is 13.9. The number of nitrogens with one attached hydrogen (secondary N) is 1. The lowest BCUT2D eigenvalue weighted by Crippen LogP contribution is -2.34. The predicted molar refractivity (Wildman–Crippen MR) is 81.4 cm³/mol. The van der Waals surface area contributed by atoms with Gasteiger partial charge in [-0.05, 0) is 30.5 Å². The summed E-state index contributed by atoms with van der Waals surface area (Å²) in [6, 6.07) is 16.6. The van der Waals surface area contributed by atoms with E-state index in [0.717, 1.165) is 18.5 Å². The molecule has 0 saturated heterocycles. The van der Waals surface area contributed by atoms with E-state index in [0.29, 0.717) is 0 Å². The first-order valence-corrected chi connectivity index (χ1v) is 7.18. The lowest BCUT2D eigenvalue weighted by atomic mass is 10.0. The van der Waals surface area contributed by atoms with Crippen LogP contribution in [0.4, 0.5) is 0 Å². The van der Waals surface area contributed by atoms with Crippen molar-refractivity contribution in [1.82, 2.24) is 10.3 Å². The molecule has 2 unspecified atom stereocenters. The minimum absolute atomic E-state index is 0.0638. The molecule has 0 saturated carbocycles. The highest BCUT2D eigenvalue weighted by atomic mass is 16.3. The summed E-state index contributed by atoms with van der Waals surface area (Å²) in [6.07, 6.45) is 3.56. The third-order valence-electron chi connectivity index (χ3n) is 3.49. The van der Waals surface area contributed by atoms with Crippen LogP contribution in [0.5, 0.6) is 0 Å². The van der Waals surface area contributed by atoms with Crippen LogP contribution < -0.4 is 5.32 Å². The Morgan fingerprint density at radius 2 is 1.85 bits per heavy atom. The summed E-state index contributed by atoms with van der Waals surface area (Å²) >= 11 is 0. The number of aromatic nitrogens is 1. The smallest absolute Gasteiger partial charge is 0.0753 e. The van der Waals surface area contributed by atoms with Gasteiger partial charge in [-0.25, -0.2) is 0 Å². The topological polar surface area (TPSA) is 45.1 Å². The van der Waals surface area contributed by atoms with Gasteiger partial charge in [-0.1, -0.05) is 43.3 Å². The van der Waals surface area contributed by atoms with Crippen LogP contribution in [0.1, 0.15) is 37.1 Å². The lowest BCUT2D eigenvalue weighted by molar-refractivity contribution is 0.258. The van der Waals surface area contributed by atoms with Crippen molar-refractivity contribution in [2.24, 2.45) is 0 Å². The molecule has 2 atom stereocenters. The van der Waals surface area contributed by atoms with E-state index in [-0.39, 0.29) is 18.7 Å². The van der Waals surface area contributed by atoms with Crippen molar-refractivity contribution in [3.05, 3.63) is 66.0 Å².